The molecule has 0 bridgehead atoms. The van der Waals surface area contributed by atoms with Crippen molar-refractivity contribution in [1.29, 1.82) is 0 Å². The summed E-state index contributed by atoms with van der Waals surface area (Å²) in [6.45, 7) is 6.58. The SMILES string of the molecule is Cc1cc2nc(C)c(=O)n(CC(=O)N3CCC(C(N)=O)CC3)c2cc1C. The summed E-state index contributed by atoms with van der Waals surface area (Å²) in [5.74, 6) is -0.605. The molecule has 2 amide bonds. The lowest BCUT2D eigenvalue weighted by Crippen LogP contribution is -2.44. The van der Waals surface area contributed by atoms with E-state index < -0.39 is 0 Å². The average Bonchev–Trinajstić information content (AvgIpc) is 2.61. The van der Waals surface area contributed by atoms with Crippen molar-refractivity contribution in [3.05, 3.63) is 39.3 Å². The molecule has 2 aromatic rings. The largest absolute Gasteiger partial charge is 0.369 e. The highest BCUT2D eigenvalue weighted by molar-refractivity contribution is 5.82. The van der Waals surface area contributed by atoms with Crippen molar-refractivity contribution < 1.29 is 9.59 Å². The molecule has 1 aliphatic heterocycles. The molecular weight excluding hydrogens is 332 g/mol. The van der Waals surface area contributed by atoms with E-state index in [2.05, 4.69) is 4.98 Å². The van der Waals surface area contributed by atoms with Crippen molar-refractivity contribution in [3.63, 3.8) is 0 Å². The Bertz CT molecular complexity index is 940. The summed E-state index contributed by atoms with van der Waals surface area (Å²) in [4.78, 5) is 42.7. The Labute approximate surface area is 151 Å². The molecule has 1 saturated heterocycles. The predicted octanol–water partition coefficient (Wildman–Crippen LogP) is 1.05. The topological polar surface area (TPSA) is 98.3 Å². The van der Waals surface area contributed by atoms with Crippen LogP contribution in [0.3, 0.4) is 0 Å². The third-order valence-corrected chi connectivity index (χ3v) is 5.27. The first-order chi connectivity index (χ1) is 12.3. The minimum absolute atomic E-state index is 0.0254. The maximum atomic E-state index is 12.7. The van der Waals surface area contributed by atoms with Gasteiger partial charge in [0.25, 0.3) is 5.56 Å². The number of fused-ring (bicyclic) bond motifs is 1. The number of primary amides is 1. The molecule has 0 radical (unpaired) electrons. The number of hydrogen-bond donors (Lipinski definition) is 1. The summed E-state index contributed by atoms with van der Waals surface area (Å²) in [5, 5.41) is 0. The molecule has 1 fully saturated rings. The molecule has 138 valence electrons. The molecule has 1 aromatic carbocycles. The molecule has 1 aromatic heterocycles. The van der Waals surface area contributed by atoms with Gasteiger partial charge in [0.15, 0.2) is 0 Å². The second-order valence-electron chi connectivity index (χ2n) is 7.07. The number of piperidine rings is 1. The van der Waals surface area contributed by atoms with Crippen molar-refractivity contribution in [2.24, 2.45) is 11.7 Å². The Morgan fingerprint density at radius 2 is 1.77 bits per heavy atom. The lowest BCUT2D eigenvalue weighted by atomic mass is 9.96. The Morgan fingerprint density at radius 3 is 2.38 bits per heavy atom. The fraction of sp³-hybridized carbons (Fsp3) is 0.474. The molecular formula is C19H24N4O3. The molecule has 26 heavy (non-hydrogen) atoms. The van der Waals surface area contributed by atoms with Crippen molar-refractivity contribution in [2.75, 3.05) is 13.1 Å². The molecule has 2 heterocycles. The second kappa shape index (κ2) is 6.90. The number of aromatic nitrogens is 2. The van der Waals surface area contributed by atoms with Crippen LogP contribution in [0.2, 0.25) is 0 Å². The molecule has 0 atom stereocenters. The van der Waals surface area contributed by atoms with E-state index in [1.165, 1.54) is 4.57 Å². The summed E-state index contributed by atoms with van der Waals surface area (Å²) in [5.41, 5.74) is 8.99. The zero-order valence-electron chi connectivity index (χ0n) is 15.4. The van der Waals surface area contributed by atoms with Crippen LogP contribution in [0, 0.1) is 26.7 Å². The van der Waals surface area contributed by atoms with Gasteiger partial charge < -0.3 is 10.6 Å². The highest BCUT2D eigenvalue weighted by Gasteiger charge is 2.26. The van der Waals surface area contributed by atoms with Crippen LogP contribution >= 0.6 is 0 Å². The van der Waals surface area contributed by atoms with Crippen LogP contribution in [0.5, 0.6) is 0 Å². The number of carbonyl (C=O) groups is 2. The third-order valence-electron chi connectivity index (χ3n) is 5.27. The van der Waals surface area contributed by atoms with Crippen molar-refractivity contribution in [3.8, 4) is 0 Å². The van der Waals surface area contributed by atoms with Crippen LogP contribution in [0.25, 0.3) is 11.0 Å². The van der Waals surface area contributed by atoms with E-state index in [-0.39, 0.29) is 29.8 Å². The normalized spacial score (nSPS) is 15.4. The summed E-state index contributed by atoms with van der Waals surface area (Å²) in [7, 11) is 0. The third kappa shape index (κ3) is 3.34. The van der Waals surface area contributed by atoms with E-state index in [4.69, 9.17) is 5.73 Å². The van der Waals surface area contributed by atoms with E-state index in [0.29, 0.717) is 42.7 Å². The molecule has 3 rings (SSSR count). The maximum Gasteiger partial charge on any atom is 0.272 e. The molecule has 0 spiro atoms. The fourth-order valence-corrected chi connectivity index (χ4v) is 3.43. The minimum Gasteiger partial charge on any atom is -0.369 e. The van der Waals surface area contributed by atoms with Crippen LogP contribution < -0.4 is 11.3 Å². The summed E-state index contributed by atoms with van der Waals surface area (Å²) in [6, 6.07) is 3.85. The Kier molecular flexibility index (Phi) is 4.80. The van der Waals surface area contributed by atoms with Gasteiger partial charge in [0.05, 0.1) is 11.0 Å². The number of likely N-dealkylation sites (tertiary alicyclic amines) is 1. The fourth-order valence-electron chi connectivity index (χ4n) is 3.43. The van der Waals surface area contributed by atoms with Gasteiger partial charge in [0.2, 0.25) is 11.8 Å². The lowest BCUT2D eigenvalue weighted by Gasteiger charge is -2.30. The highest BCUT2D eigenvalue weighted by Crippen LogP contribution is 2.19. The summed E-state index contributed by atoms with van der Waals surface area (Å²) < 4.78 is 1.51. The van der Waals surface area contributed by atoms with Gasteiger partial charge in [-0.25, -0.2) is 4.98 Å². The van der Waals surface area contributed by atoms with Crippen LogP contribution in [-0.2, 0) is 16.1 Å². The molecule has 7 heteroatoms. The number of rotatable bonds is 3. The first kappa shape index (κ1) is 18.1. The number of nitrogens with two attached hydrogens (primary N) is 1. The predicted molar refractivity (Wildman–Crippen MR) is 98.7 cm³/mol. The van der Waals surface area contributed by atoms with Crippen molar-refractivity contribution >= 4 is 22.8 Å². The van der Waals surface area contributed by atoms with Gasteiger partial charge in [-0.15, -0.1) is 0 Å². The molecule has 2 N–H and O–H groups in total. The smallest absolute Gasteiger partial charge is 0.272 e. The monoisotopic (exact) mass is 356 g/mol. The van der Waals surface area contributed by atoms with E-state index in [1.54, 1.807) is 11.8 Å². The van der Waals surface area contributed by atoms with E-state index in [0.717, 1.165) is 11.1 Å². The van der Waals surface area contributed by atoms with Gasteiger partial charge in [0.1, 0.15) is 12.2 Å². The lowest BCUT2D eigenvalue weighted by molar-refractivity contribution is -0.135. The van der Waals surface area contributed by atoms with Crippen molar-refractivity contribution in [1.82, 2.24) is 14.5 Å². The quantitative estimate of drug-likeness (QED) is 0.888. The van der Waals surface area contributed by atoms with E-state index in [1.807, 2.05) is 26.0 Å². The van der Waals surface area contributed by atoms with Crippen LogP contribution in [-0.4, -0.2) is 39.4 Å². The molecule has 0 saturated carbocycles. The number of amides is 2. The van der Waals surface area contributed by atoms with Crippen LogP contribution in [0.1, 0.15) is 29.7 Å². The van der Waals surface area contributed by atoms with E-state index in [9.17, 15) is 14.4 Å². The zero-order chi connectivity index (χ0) is 19.0. The number of aryl methyl sites for hydroxylation is 3. The average molecular weight is 356 g/mol. The van der Waals surface area contributed by atoms with Crippen LogP contribution in [0.15, 0.2) is 16.9 Å². The Hall–Kier alpha value is -2.70. The molecule has 0 aliphatic carbocycles. The minimum atomic E-state index is -0.310. The van der Waals surface area contributed by atoms with E-state index >= 15 is 0 Å². The molecule has 7 nitrogen and oxygen atoms in total. The van der Waals surface area contributed by atoms with Gasteiger partial charge in [-0.3, -0.25) is 19.0 Å². The number of hydrogen-bond acceptors (Lipinski definition) is 4. The zero-order valence-corrected chi connectivity index (χ0v) is 15.4. The number of nitrogens with zero attached hydrogens (tertiary/aromatic N) is 3. The first-order valence-corrected chi connectivity index (χ1v) is 8.83. The van der Waals surface area contributed by atoms with Gasteiger partial charge in [0, 0.05) is 19.0 Å². The number of carbonyl (C=O) groups excluding carboxylic acids is 2. The Balaban J connectivity index is 1.90. The van der Waals surface area contributed by atoms with Gasteiger partial charge in [-0.2, -0.15) is 0 Å². The highest BCUT2D eigenvalue weighted by atomic mass is 16.2. The Morgan fingerprint density at radius 1 is 1.15 bits per heavy atom. The standard InChI is InChI=1S/C19H24N4O3/c1-11-8-15-16(9-12(11)2)23(19(26)13(3)21-15)10-17(24)22-6-4-14(5-7-22)18(20)25/h8-9,14H,4-7,10H2,1-3H3,(H2,20,25). The summed E-state index contributed by atoms with van der Waals surface area (Å²) in [6.07, 6.45) is 1.15. The first-order valence-electron chi connectivity index (χ1n) is 8.83. The van der Waals surface area contributed by atoms with Gasteiger partial charge in [-0.1, -0.05) is 0 Å². The van der Waals surface area contributed by atoms with Gasteiger partial charge >= 0.3 is 0 Å². The van der Waals surface area contributed by atoms with Crippen LogP contribution in [0.4, 0.5) is 0 Å². The second-order valence-corrected chi connectivity index (χ2v) is 7.07. The molecule has 0 unspecified atom stereocenters. The maximum absolute atomic E-state index is 12.7. The summed E-state index contributed by atoms with van der Waals surface area (Å²) >= 11 is 0. The number of benzene rings is 1. The van der Waals surface area contributed by atoms with Crippen molar-refractivity contribution in [2.45, 2.75) is 40.2 Å². The molecule has 1 aliphatic rings. The van der Waals surface area contributed by atoms with Gasteiger partial charge in [-0.05, 0) is 56.9 Å².